The van der Waals surface area contributed by atoms with Crippen molar-refractivity contribution in [2.45, 2.75) is 37.9 Å². The number of hydrogen-bond acceptors (Lipinski definition) is 5. The highest BCUT2D eigenvalue weighted by Crippen LogP contribution is 2.34. The Balaban J connectivity index is 1.45. The number of epoxide rings is 1. The number of rotatable bonds is 10. The zero-order valence-electron chi connectivity index (χ0n) is 13.4. The molecule has 1 aliphatic rings. The van der Waals surface area contributed by atoms with E-state index >= 15 is 0 Å². The lowest BCUT2D eigenvalue weighted by Crippen LogP contribution is -2.21. The number of hydrogen-bond donors (Lipinski definition) is 0. The second-order valence-corrected chi connectivity index (χ2v) is 5.99. The van der Waals surface area contributed by atoms with Crippen LogP contribution in [0.5, 0.6) is 0 Å². The Morgan fingerprint density at radius 1 is 1.22 bits per heavy atom. The predicted molar refractivity (Wildman–Crippen MR) is 86.6 cm³/mol. The molecule has 0 spiro atoms. The molecule has 5 nitrogen and oxygen atoms in total. The maximum atomic E-state index is 11.1. The summed E-state index contributed by atoms with van der Waals surface area (Å²) in [6, 6.07) is 7.82. The highest BCUT2D eigenvalue weighted by molar-refractivity contribution is 6.30. The Bertz CT molecular complexity index is 484. The van der Waals surface area contributed by atoms with E-state index in [0.29, 0.717) is 19.6 Å². The van der Waals surface area contributed by atoms with Crippen molar-refractivity contribution in [3.63, 3.8) is 0 Å². The topological polar surface area (TPSA) is 57.3 Å². The van der Waals surface area contributed by atoms with Crippen molar-refractivity contribution >= 4 is 17.8 Å². The maximum Gasteiger partial charge on any atom is 0.510 e. The summed E-state index contributed by atoms with van der Waals surface area (Å²) in [4.78, 5) is 11.1. The van der Waals surface area contributed by atoms with Gasteiger partial charge in [-0.25, -0.2) is 4.79 Å². The minimum absolute atomic E-state index is 0.458. The highest BCUT2D eigenvalue weighted by atomic mass is 35.5. The standard InChI is InChI=1S/C17H23ClO5/c1-20-16(19)23-17(13-22-17)10-3-2-4-11-21-12-9-14-5-7-15(18)8-6-14/h5-8H,2-4,9-13H2,1H3. The third kappa shape index (κ3) is 6.77. The van der Waals surface area contributed by atoms with Gasteiger partial charge in [-0.2, -0.15) is 0 Å². The molecule has 0 aromatic heterocycles. The summed E-state index contributed by atoms with van der Waals surface area (Å²) in [6.45, 7) is 1.90. The molecule has 1 aromatic rings. The maximum absolute atomic E-state index is 11.1. The molecule has 0 amide bonds. The second kappa shape index (κ2) is 9.11. The van der Waals surface area contributed by atoms with Crippen LogP contribution in [0.15, 0.2) is 24.3 Å². The Morgan fingerprint density at radius 3 is 2.61 bits per heavy atom. The molecule has 1 aromatic carbocycles. The van der Waals surface area contributed by atoms with Crippen LogP contribution in [-0.4, -0.2) is 38.9 Å². The second-order valence-electron chi connectivity index (χ2n) is 5.56. The van der Waals surface area contributed by atoms with E-state index in [1.54, 1.807) is 0 Å². The first-order chi connectivity index (χ1) is 11.1. The highest BCUT2D eigenvalue weighted by Gasteiger charge is 2.49. The van der Waals surface area contributed by atoms with Gasteiger partial charge in [-0.15, -0.1) is 0 Å². The molecule has 23 heavy (non-hydrogen) atoms. The smallest absolute Gasteiger partial charge is 0.438 e. The molecule has 1 aliphatic heterocycles. The molecule has 0 saturated carbocycles. The molecule has 0 aliphatic carbocycles. The van der Waals surface area contributed by atoms with Gasteiger partial charge in [0.25, 0.3) is 0 Å². The predicted octanol–water partition coefficient (Wildman–Crippen LogP) is 3.97. The van der Waals surface area contributed by atoms with E-state index in [2.05, 4.69) is 4.74 Å². The number of methoxy groups -OCH3 is 1. The van der Waals surface area contributed by atoms with E-state index in [0.717, 1.165) is 37.3 Å². The SMILES string of the molecule is COC(=O)OC1(CCCCCOCCc2ccc(Cl)cc2)CO1. The fourth-order valence-electron chi connectivity index (χ4n) is 2.25. The molecule has 0 N–H and O–H groups in total. The Hall–Kier alpha value is -1.30. The van der Waals surface area contributed by atoms with E-state index in [-0.39, 0.29) is 0 Å². The number of ether oxygens (including phenoxy) is 4. The average Bonchev–Trinajstić information content (AvgIpc) is 3.31. The molecule has 2 rings (SSSR count). The molecule has 1 atom stereocenters. The van der Waals surface area contributed by atoms with Crippen LogP contribution in [0.3, 0.4) is 0 Å². The van der Waals surface area contributed by atoms with Crippen LogP contribution in [0.25, 0.3) is 0 Å². The van der Waals surface area contributed by atoms with Crippen LogP contribution >= 0.6 is 11.6 Å². The Kier molecular flexibility index (Phi) is 7.15. The third-order valence-corrected chi connectivity index (χ3v) is 3.95. The Morgan fingerprint density at radius 2 is 1.96 bits per heavy atom. The van der Waals surface area contributed by atoms with Gasteiger partial charge in [-0.3, -0.25) is 0 Å². The third-order valence-electron chi connectivity index (χ3n) is 3.70. The molecule has 0 bridgehead atoms. The van der Waals surface area contributed by atoms with Crippen molar-refractivity contribution in [2.24, 2.45) is 0 Å². The van der Waals surface area contributed by atoms with Gasteiger partial charge >= 0.3 is 6.16 Å². The van der Waals surface area contributed by atoms with Gasteiger partial charge in [-0.05, 0) is 37.0 Å². The van der Waals surface area contributed by atoms with Gasteiger partial charge in [-0.1, -0.05) is 30.2 Å². The molecular weight excluding hydrogens is 320 g/mol. The van der Waals surface area contributed by atoms with Gasteiger partial charge < -0.3 is 18.9 Å². The minimum atomic E-state index is -0.734. The lowest BCUT2D eigenvalue weighted by Gasteiger charge is -2.11. The molecule has 128 valence electrons. The number of benzene rings is 1. The molecule has 1 saturated heterocycles. The molecule has 6 heteroatoms. The van der Waals surface area contributed by atoms with Crippen molar-refractivity contribution in [3.05, 3.63) is 34.9 Å². The monoisotopic (exact) mass is 342 g/mol. The van der Waals surface area contributed by atoms with Crippen LogP contribution < -0.4 is 0 Å². The van der Waals surface area contributed by atoms with E-state index in [4.69, 9.17) is 25.8 Å². The van der Waals surface area contributed by atoms with Crippen LogP contribution in [0.2, 0.25) is 5.02 Å². The molecule has 0 radical (unpaired) electrons. The number of carbonyl (C=O) groups excluding carboxylic acids is 1. The van der Waals surface area contributed by atoms with Crippen LogP contribution in [0, 0.1) is 0 Å². The van der Waals surface area contributed by atoms with Crippen LogP contribution in [0.4, 0.5) is 4.79 Å². The summed E-state index contributed by atoms with van der Waals surface area (Å²) >= 11 is 5.84. The molecule has 1 fully saturated rings. The molecular formula is C17H23ClO5. The normalized spacial score (nSPS) is 19.4. The number of halogens is 1. The summed E-state index contributed by atoms with van der Waals surface area (Å²) < 4.78 is 20.4. The van der Waals surface area contributed by atoms with Gasteiger partial charge in [0.1, 0.15) is 6.61 Å². The average molecular weight is 343 g/mol. The van der Waals surface area contributed by atoms with E-state index < -0.39 is 11.9 Å². The van der Waals surface area contributed by atoms with Crippen LogP contribution in [-0.2, 0) is 25.4 Å². The Labute approximate surface area is 141 Å². The van der Waals surface area contributed by atoms with Gasteiger partial charge in [0.2, 0.25) is 5.79 Å². The first kappa shape index (κ1) is 18.0. The zero-order chi connectivity index (χ0) is 16.5. The van der Waals surface area contributed by atoms with E-state index in [1.807, 2.05) is 24.3 Å². The number of carbonyl (C=O) groups is 1. The zero-order valence-corrected chi connectivity index (χ0v) is 14.1. The quantitative estimate of drug-likeness (QED) is 0.366. The fraction of sp³-hybridized carbons (Fsp3) is 0.588. The molecule has 1 heterocycles. The summed E-state index contributed by atoms with van der Waals surface area (Å²) in [7, 11) is 1.29. The van der Waals surface area contributed by atoms with E-state index in [9.17, 15) is 4.79 Å². The van der Waals surface area contributed by atoms with Gasteiger partial charge in [0.05, 0.1) is 13.7 Å². The lowest BCUT2D eigenvalue weighted by molar-refractivity contribution is -0.0326. The van der Waals surface area contributed by atoms with Crippen molar-refractivity contribution in [3.8, 4) is 0 Å². The molecule has 1 unspecified atom stereocenters. The number of unbranched alkanes of at least 4 members (excludes halogenated alkanes) is 2. The van der Waals surface area contributed by atoms with Crippen molar-refractivity contribution in [1.29, 1.82) is 0 Å². The van der Waals surface area contributed by atoms with Crippen molar-refractivity contribution < 1.29 is 23.7 Å². The van der Waals surface area contributed by atoms with Gasteiger partial charge in [0, 0.05) is 18.1 Å². The first-order valence-corrected chi connectivity index (χ1v) is 8.24. The van der Waals surface area contributed by atoms with Crippen LogP contribution in [0.1, 0.15) is 31.2 Å². The van der Waals surface area contributed by atoms with E-state index in [1.165, 1.54) is 12.7 Å². The minimum Gasteiger partial charge on any atom is -0.438 e. The summed E-state index contributed by atoms with van der Waals surface area (Å²) in [5.74, 6) is -0.734. The largest absolute Gasteiger partial charge is 0.510 e. The fourth-order valence-corrected chi connectivity index (χ4v) is 2.37. The van der Waals surface area contributed by atoms with Gasteiger partial charge in [0.15, 0.2) is 0 Å². The lowest BCUT2D eigenvalue weighted by atomic mass is 10.1. The summed E-state index contributed by atoms with van der Waals surface area (Å²) in [5, 5.41) is 0.753. The first-order valence-electron chi connectivity index (χ1n) is 7.87. The van der Waals surface area contributed by atoms with Crippen molar-refractivity contribution in [2.75, 3.05) is 26.9 Å². The summed E-state index contributed by atoms with van der Waals surface area (Å²) in [5.41, 5.74) is 1.22. The summed E-state index contributed by atoms with van der Waals surface area (Å²) in [6.07, 6.45) is 3.82. The van der Waals surface area contributed by atoms with Crippen molar-refractivity contribution in [1.82, 2.24) is 0 Å².